The number of nitrogens with one attached hydrogen (secondary N) is 1. The molecule has 0 aliphatic heterocycles. The molecule has 0 fully saturated rings. The van der Waals surface area contributed by atoms with Gasteiger partial charge in [0, 0.05) is 5.69 Å². The molecule has 0 aliphatic carbocycles. The van der Waals surface area contributed by atoms with Gasteiger partial charge in [0.25, 0.3) is 0 Å². The molecule has 0 atom stereocenters. The van der Waals surface area contributed by atoms with E-state index in [0.29, 0.717) is 0 Å². The molecule has 0 radical (unpaired) electrons. The Morgan fingerprint density at radius 1 is 1.21 bits per heavy atom. The third-order valence-electron chi connectivity index (χ3n) is 1.33. The molecule has 74 valence electrons. The standard InChI is InChI=1S/C8H5F3N2O/c9-8(10,11)13-7-3-1-6(2-4-7)12-5-14/h1-4,13H. The number of alkyl halides is 3. The molecule has 1 aromatic rings. The number of halogens is 3. The molecule has 0 aliphatic rings. The Bertz CT molecular complexity index is 352. The van der Waals surface area contributed by atoms with Crippen LogP contribution in [0.4, 0.5) is 24.5 Å². The van der Waals surface area contributed by atoms with E-state index in [4.69, 9.17) is 0 Å². The maximum atomic E-state index is 11.8. The normalized spacial score (nSPS) is 10.5. The Labute approximate surface area is 77.3 Å². The highest BCUT2D eigenvalue weighted by molar-refractivity contribution is 5.54. The van der Waals surface area contributed by atoms with E-state index in [2.05, 4.69) is 4.99 Å². The van der Waals surface area contributed by atoms with E-state index in [0.717, 1.165) is 0 Å². The molecular formula is C8H5F3N2O. The fourth-order valence-corrected chi connectivity index (χ4v) is 0.836. The fourth-order valence-electron chi connectivity index (χ4n) is 0.836. The number of benzene rings is 1. The van der Waals surface area contributed by atoms with Crippen LogP contribution in [0.3, 0.4) is 0 Å². The smallest absolute Gasteiger partial charge is 0.298 e. The topological polar surface area (TPSA) is 41.5 Å². The number of isocyanates is 1. The first kappa shape index (κ1) is 10.3. The van der Waals surface area contributed by atoms with Gasteiger partial charge in [0.05, 0.1) is 5.69 Å². The lowest BCUT2D eigenvalue weighted by atomic mass is 10.3. The van der Waals surface area contributed by atoms with E-state index in [1.54, 1.807) is 0 Å². The van der Waals surface area contributed by atoms with Crippen molar-refractivity contribution in [3.05, 3.63) is 24.3 Å². The number of carbonyl (C=O) groups excluding carboxylic acids is 1. The van der Waals surface area contributed by atoms with Crippen LogP contribution in [0.1, 0.15) is 0 Å². The van der Waals surface area contributed by atoms with Crippen molar-refractivity contribution < 1.29 is 18.0 Å². The van der Waals surface area contributed by atoms with E-state index in [-0.39, 0.29) is 11.4 Å². The molecular weight excluding hydrogens is 197 g/mol. The summed E-state index contributed by atoms with van der Waals surface area (Å²) in [6, 6.07) is 4.89. The number of aliphatic imine (C=N–C) groups is 1. The fraction of sp³-hybridized carbons (Fsp3) is 0.125. The molecule has 0 saturated carbocycles. The average Bonchev–Trinajstić information content (AvgIpc) is 2.06. The van der Waals surface area contributed by atoms with Crippen LogP contribution in [-0.2, 0) is 4.79 Å². The monoisotopic (exact) mass is 202 g/mol. The lowest BCUT2D eigenvalue weighted by Gasteiger charge is -2.09. The van der Waals surface area contributed by atoms with E-state index in [1.165, 1.54) is 35.7 Å². The second kappa shape index (κ2) is 3.93. The van der Waals surface area contributed by atoms with Crippen molar-refractivity contribution in [2.75, 3.05) is 5.32 Å². The molecule has 1 N–H and O–H groups in total. The molecule has 3 nitrogen and oxygen atoms in total. The van der Waals surface area contributed by atoms with E-state index < -0.39 is 6.30 Å². The Balaban J connectivity index is 2.78. The van der Waals surface area contributed by atoms with Gasteiger partial charge in [0.1, 0.15) is 0 Å². The van der Waals surface area contributed by atoms with Gasteiger partial charge in [-0.05, 0) is 24.3 Å². The summed E-state index contributed by atoms with van der Waals surface area (Å²) < 4.78 is 35.4. The highest BCUT2D eigenvalue weighted by Gasteiger charge is 2.26. The molecule has 0 heterocycles. The zero-order valence-corrected chi connectivity index (χ0v) is 6.80. The predicted molar refractivity (Wildman–Crippen MR) is 43.9 cm³/mol. The minimum Gasteiger partial charge on any atom is -0.298 e. The second-order valence-corrected chi connectivity index (χ2v) is 2.37. The quantitative estimate of drug-likeness (QED) is 0.455. The van der Waals surface area contributed by atoms with Crippen molar-refractivity contribution >= 4 is 17.5 Å². The molecule has 6 heteroatoms. The van der Waals surface area contributed by atoms with Crippen LogP contribution >= 0.6 is 0 Å². The molecule has 0 spiro atoms. The minimum atomic E-state index is -4.46. The van der Waals surface area contributed by atoms with Gasteiger partial charge in [-0.1, -0.05) is 0 Å². The van der Waals surface area contributed by atoms with E-state index >= 15 is 0 Å². The van der Waals surface area contributed by atoms with Gasteiger partial charge in [0.2, 0.25) is 6.08 Å². The van der Waals surface area contributed by atoms with E-state index in [1.807, 2.05) is 0 Å². The zero-order valence-electron chi connectivity index (χ0n) is 6.80. The summed E-state index contributed by atoms with van der Waals surface area (Å²) in [7, 11) is 0. The summed E-state index contributed by atoms with van der Waals surface area (Å²) in [4.78, 5) is 13.0. The molecule has 1 rings (SSSR count). The molecule has 0 unspecified atom stereocenters. The maximum Gasteiger partial charge on any atom is 0.482 e. The molecule has 0 aromatic heterocycles. The van der Waals surface area contributed by atoms with Crippen molar-refractivity contribution in [1.82, 2.24) is 0 Å². The number of nitrogens with zero attached hydrogens (tertiary/aromatic N) is 1. The van der Waals surface area contributed by atoms with Gasteiger partial charge in [-0.25, -0.2) is 4.79 Å². The van der Waals surface area contributed by atoms with Crippen molar-refractivity contribution in [1.29, 1.82) is 0 Å². The van der Waals surface area contributed by atoms with Gasteiger partial charge < -0.3 is 0 Å². The highest BCUT2D eigenvalue weighted by Crippen LogP contribution is 2.21. The summed E-state index contributed by atoms with van der Waals surface area (Å²) in [5, 5.41) is 1.31. The van der Waals surface area contributed by atoms with Crippen molar-refractivity contribution in [3.8, 4) is 0 Å². The number of rotatable bonds is 2. The number of hydrogen-bond donors (Lipinski definition) is 1. The average molecular weight is 202 g/mol. The molecule has 1 aromatic carbocycles. The van der Waals surface area contributed by atoms with Gasteiger partial charge in [-0.15, -0.1) is 0 Å². The van der Waals surface area contributed by atoms with Crippen LogP contribution in [0.25, 0.3) is 0 Å². The Morgan fingerprint density at radius 2 is 1.79 bits per heavy atom. The summed E-state index contributed by atoms with van der Waals surface area (Å²) in [6.07, 6.45) is -3.18. The first-order chi connectivity index (χ1) is 6.51. The van der Waals surface area contributed by atoms with Crippen LogP contribution in [-0.4, -0.2) is 12.4 Å². The van der Waals surface area contributed by atoms with Gasteiger partial charge in [-0.2, -0.15) is 18.2 Å². The van der Waals surface area contributed by atoms with Crippen molar-refractivity contribution in [2.24, 2.45) is 4.99 Å². The maximum absolute atomic E-state index is 11.8. The van der Waals surface area contributed by atoms with Crippen molar-refractivity contribution in [2.45, 2.75) is 6.30 Å². The first-order valence-corrected chi connectivity index (χ1v) is 3.54. The molecule has 14 heavy (non-hydrogen) atoms. The van der Waals surface area contributed by atoms with E-state index in [9.17, 15) is 18.0 Å². The van der Waals surface area contributed by atoms with Gasteiger partial charge in [-0.3, -0.25) is 5.32 Å². The van der Waals surface area contributed by atoms with Crippen LogP contribution in [0.5, 0.6) is 0 Å². The van der Waals surface area contributed by atoms with Gasteiger partial charge in [0.15, 0.2) is 0 Å². The van der Waals surface area contributed by atoms with Crippen LogP contribution in [0.15, 0.2) is 29.3 Å². The highest BCUT2D eigenvalue weighted by atomic mass is 19.4. The predicted octanol–water partition coefficient (Wildman–Crippen LogP) is 2.59. The first-order valence-electron chi connectivity index (χ1n) is 3.54. The SMILES string of the molecule is O=C=Nc1ccc(NC(F)(F)F)cc1. The largest absolute Gasteiger partial charge is 0.482 e. The third-order valence-corrected chi connectivity index (χ3v) is 1.33. The second-order valence-electron chi connectivity index (χ2n) is 2.37. The Hall–Kier alpha value is -1.81. The summed E-state index contributed by atoms with van der Waals surface area (Å²) in [5.74, 6) is 0. The van der Waals surface area contributed by atoms with Crippen LogP contribution in [0, 0.1) is 0 Å². The minimum absolute atomic E-state index is 0.109. The summed E-state index contributed by atoms with van der Waals surface area (Å²) in [6.45, 7) is 0. The molecule has 0 amide bonds. The lowest BCUT2D eigenvalue weighted by molar-refractivity contribution is -0.0999. The number of anilines is 1. The summed E-state index contributed by atoms with van der Waals surface area (Å²) in [5.41, 5.74) is 0.148. The third kappa shape index (κ3) is 3.28. The van der Waals surface area contributed by atoms with Crippen molar-refractivity contribution in [3.63, 3.8) is 0 Å². The number of hydrogen-bond acceptors (Lipinski definition) is 3. The van der Waals surface area contributed by atoms with Gasteiger partial charge >= 0.3 is 6.30 Å². The van der Waals surface area contributed by atoms with Crippen LogP contribution in [0.2, 0.25) is 0 Å². The molecule has 0 saturated heterocycles. The summed E-state index contributed by atoms with van der Waals surface area (Å²) >= 11 is 0. The van der Waals surface area contributed by atoms with Crippen LogP contribution < -0.4 is 5.32 Å². The zero-order chi connectivity index (χ0) is 10.6. The molecule has 0 bridgehead atoms. The lowest BCUT2D eigenvalue weighted by Crippen LogP contribution is -2.20. The Kier molecular flexibility index (Phi) is 2.89. The Morgan fingerprint density at radius 3 is 2.21 bits per heavy atom.